The number of fused-ring (bicyclic) bond motifs is 6. The van der Waals surface area contributed by atoms with Gasteiger partial charge in [-0.15, -0.1) is 11.8 Å². The Kier molecular flexibility index (Phi) is 9.23. The van der Waals surface area contributed by atoms with E-state index in [-0.39, 0.29) is 42.8 Å². The number of hydrogen-bond donors (Lipinski definition) is 3. The highest BCUT2D eigenvalue weighted by Crippen LogP contribution is 2.63. The van der Waals surface area contributed by atoms with Crippen LogP contribution in [0.15, 0.2) is 18.2 Å². The maximum Gasteiger partial charge on any atom is 0.331 e. The fourth-order valence-corrected chi connectivity index (χ4v) is 11.2. The number of hydrogen-bond acceptors (Lipinski definition) is 15. The Morgan fingerprint density at radius 2 is 1.82 bits per heavy atom. The molecule has 1 spiro atoms. The molecule has 0 radical (unpaired) electrons. The fraction of sp³-hybridized carbons (Fsp3) is 0.475. The third-order valence-corrected chi connectivity index (χ3v) is 13.2. The van der Waals surface area contributed by atoms with Gasteiger partial charge in [0.2, 0.25) is 6.79 Å². The van der Waals surface area contributed by atoms with Gasteiger partial charge in [-0.1, -0.05) is 6.07 Å². The number of nitrogens with one attached hydrogen (secondary N) is 1. The van der Waals surface area contributed by atoms with Crippen LogP contribution in [0.3, 0.4) is 0 Å². The van der Waals surface area contributed by atoms with Crippen LogP contribution in [0.4, 0.5) is 0 Å². The van der Waals surface area contributed by atoms with Crippen LogP contribution in [0.1, 0.15) is 68.8 Å². The Labute approximate surface area is 323 Å². The van der Waals surface area contributed by atoms with Crippen molar-refractivity contribution >= 4 is 23.7 Å². The lowest BCUT2D eigenvalue weighted by molar-refractivity contribution is -0.155. The van der Waals surface area contributed by atoms with Crippen LogP contribution in [0.2, 0.25) is 0 Å². The summed E-state index contributed by atoms with van der Waals surface area (Å²) in [7, 11) is 6.84. The molecule has 0 amide bonds. The van der Waals surface area contributed by atoms with Crippen LogP contribution < -0.4 is 29.0 Å². The Balaban J connectivity index is 1.44. The van der Waals surface area contributed by atoms with Crippen LogP contribution in [0.25, 0.3) is 0 Å². The van der Waals surface area contributed by atoms with E-state index >= 15 is 0 Å². The van der Waals surface area contributed by atoms with E-state index in [1.807, 2.05) is 38.9 Å². The Hall–Kier alpha value is -4.88. The molecule has 6 heterocycles. The van der Waals surface area contributed by atoms with E-state index in [0.29, 0.717) is 63.8 Å². The van der Waals surface area contributed by atoms with Crippen molar-refractivity contribution in [3.05, 3.63) is 62.7 Å². The van der Waals surface area contributed by atoms with Crippen molar-refractivity contribution in [2.24, 2.45) is 0 Å². The number of likely N-dealkylation sites (N-methyl/N-ethyl adjacent to an activating group) is 1. The molecule has 1 fully saturated rings. The van der Waals surface area contributed by atoms with Gasteiger partial charge in [-0.3, -0.25) is 15.0 Å². The first-order valence-corrected chi connectivity index (χ1v) is 19.2. The predicted octanol–water partition coefficient (Wildman–Crippen LogP) is 4.23. The zero-order chi connectivity index (χ0) is 39.1. The van der Waals surface area contributed by atoms with Gasteiger partial charge in [0.25, 0.3) is 0 Å². The molecule has 1 unspecified atom stereocenters. The molecule has 15 heteroatoms. The Morgan fingerprint density at radius 1 is 1.05 bits per heavy atom. The van der Waals surface area contributed by atoms with Crippen LogP contribution in [0.5, 0.6) is 40.2 Å². The number of phenolic OH excluding ortho intramolecular Hbond substituents is 2. The maximum absolute atomic E-state index is 14.8. The van der Waals surface area contributed by atoms with Gasteiger partial charge in [-0.25, -0.2) is 4.79 Å². The van der Waals surface area contributed by atoms with Gasteiger partial charge in [-0.05, 0) is 68.8 Å². The second-order valence-electron chi connectivity index (χ2n) is 14.9. The molecular formula is C40H44N4O10S. The van der Waals surface area contributed by atoms with E-state index in [1.54, 1.807) is 12.1 Å². The number of nitrogens with zero attached hydrogens (tertiary/aromatic N) is 3. The van der Waals surface area contributed by atoms with Gasteiger partial charge in [0.05, 0.1) is 37.6 Å². The molecule has 290 valence electrons. The summed E-state index contributed by atoms with van der Waals surface area (Å²) in [5.74, 6) is 0.807. The quantitative estimate of drug-likeness (QED) is 0.254. The van der Waals surface area contributed by atoms with Crippen molar-refractivity contribution < 1.29 is 48.2 Å². The lowest BCUT2D eigenvalue weighted by Gasteiger charge is -2.53. The molecule has 0 aliphatic carbocycles. The van der Waals surface area contributed by atoms with Crippen molar-refractivity contribution in [1.82, 2.24) is 15.1 Å². The maximum atomic E-state index is 14.8. The number of rotatable bonds is 4. The van der Waals surface area contributed by atoms with Crippen LogP contribution >= 0.6 is 11.8 Å². The highest BCUT2D eigenvalue weighted by molar-refractivity contribution is 7.99. The van der Waals surface area contributed by atoms with Gasteiger partial charge in [0.1, 0.15) is 18.4 Å². The summed E-state index contributed by atoms with van der Waals surface area (Å²) in [6.07, 6.45) is 0.813. The molecule has 0 aromatic heterocycles. The van der Waals surface area contributed by atoms with E-state index in [9.17, 15) is 25.1 Å². The number of carbonyl (C=O) groups excluding carboxylic acids is 2. The van der Waals surface area contributed by atoms with E-state index in [1.165, 1.54) is 32.9 Å². The summed E-state index contributed by atoms with van der Waals surface area (Å²) in [6.45, 7) is 5.19. The number of aromatic hydroxyl groups is 2. The third-order valence-electron chi connectivity index (χ3n) is 11.7. The van der Waals surface area contributed by atoms with Crippen molar-refractivity contribution in [3.63, 3.8) is 0 Å². The van der Waals surface area contributed by atoms with Crippen molar-refractivity contribution in [3.8, 4) is 46.3 Å². The molecule has 6 aliphatic heterocycles. The molecule has 9 rings (SSSR count). The SMILES string of the molecule is COc1cc2c(cc1O)CCN[C@]21CS[C@@H]2c3c(OC(C)=O)c(C)c4c(c3[C@H](COC1=O)N1C2[C@@H](N(C)C)c2c(cc(C)c(OC)c2O)C[C@@H]1C#N)OCO4. The normalized spacial score (nSPS) is 26.5. The first kappa shape index (κ1) is 37.1. The molecule has 0 saturated carbocycles. The molecule has 1 saturated heterocycles. The molecular weight excluding hydrogens is 729 g/mol. The zero-order valence-electron chi connectivity index (χ0n) is 31.8. The second kappa shape index (κ2) is 13.7. The monoisotopic (exact) mass is 772 g/mol. The van der Waals surface area contributed by atoms with Crippen LogP contribution in [0, 0.1) is 25.2 Å². The number of nitriles is 1. The van der Waals surface area contributed by atoms with Gasteiger partial charge in [0.15, 0.2) is 40.0 Å². The summed E-state index contributed by atoms with van der Waals surface area (Å²) < 4.78 is 36.1. The number of benzene rings is 3. The number of carbonyl (C=O) groups is 2. The highest BCUT2D eigenvalue weighted by Gasteiger charge is 2.57. The first-order chi connectivity index (χ1) is 26.4. The smallest absolute Gasteiger partial charge is 0.331 e. The number of methoxy groups -OCH3 is 2. The van der Waals surface area contributed by atoms with E-state index in [4.69, 9.17) is 28.4 Å². The topological polar surface area (TPSA) is 172 Å². The van der Waals surface area contributed by atoms with Gasteiger partial charge in [-0.2, -0.15) is 5.26 Å². The number of esters is 2. The summed E-state index contributed by atoms with van der Waals surface area (Å²) in [5, 5.41) is 36.8. The third kappa shape index (κ3) is 5.48. The number of ether oxygens (including phenoxy) is 6. The highest BCUT2D eigenvalue weighted by atomic mass is 32.2. The number of aryl methyl sites for hydroxylation is 1. The molecule has 3 aromatic carbocycles. The molecule has 3 aromatic rings. The predicted molar refractivity (Wildman–Crippen MR) is 200 cm³/mol. The summed E-state index contributed by atoms with van der Waals surface area (Å²) in [5.41, 5.74) is 4.06. The standard InChI is InChI=1S/C40H44N4O10S/c1-18-10-22-11-23(14-41)44-25-15-51-39(48)40(24-13-27(49-6)26(46)12-21(24)8-9-42-40)16-55-38(32(44)31(43(4)5)28(22)33(47)34(18)50-7)30-29(25)37-36(52-17-53-37)19(2)35(30)54-20(3)45/h10,12-13,23,25,31-32,38,42,46-47H,8-9,11,15-17H2,1-7H3/t23-,25+,31+,32?,38-,40-/m1/s1. The van der Waals surface area contributed by atoms with Crippen molar-refractivity contribution in [1.29, 1.82) is 5.26 Å². The molecule has 2 bridgehead atoms. The lowest BCUT2D eigenvalue weighted by Crippen LogP contribution is -2.60. The largest absolute Gasteiger partial charge is 0.504 e. The molecule has 55 heavy (non-hydrogen) atoms. The minimum atomic E-state index is -1.37. The Bertz CT molecular complexity index is 2170. The van der Waals surface area contributed by atoms with Gasteiger partial charge in [0, 0.05) is 53.9 Å². The Morgan fingerprint density at radius 3 is 2.51 bits per heavy atom. The number of phenols is 2. The lowest BCUT2D eigenvalue weighted by atomic mass is 9.79. The summed E-state index contributed by atoms with van der Waals surface area (Å²) >= 11 is 1.46. The van der Waals surface area contributed by atoms with Crippen molar-refractivity contribution in [2.45, 2.75) is 68.6 Å². The second-order valence-corrected chi connectivity index (χ2v) is 16.0. The summed E-state index contributed by atoms with van der Waals surface area (Å²) in [6, 6.07) is 5.20. The minimum Gasteiger partial charge on any atom is -0.504 e. The first-order valence-electron chi connectivity index (χ1n) is 18.2. The fourth-order valence-electron chi connectivity index (χ4n) is 9.51. The van der Waals surface area contributed by atoms with Crippen LogP contribution in [-0.4, -0.2) is 98.0 Å². The van der Waals surface area contributed by atoms with Crippen LogP contribution in [-0.2, 0) is 32.7 Å². The van der Waals surface area contributed by atoms with E-state index < -0.39 is 46.9 Å². The average Bonchev–Trinajstić information content (AvgIpc) is 3.59. The van der Waals surface area contributed by atoms with Crippen molar-refractivity contribution in [2.75, 3.05) is 54.0 Å². The molecule has 6 atom stereocenters. The van der Waals surface area contributed by atoms with Gasteiger partial charge < -0.3 is 43.5 Å². The molecule has 6 aliphatic rings. The summed E-state index contributed by atoms with van der Waals surface area (Å²) in [4.78, 5) is 31.8. The van der Waals surface area contributed by atoms with E-state index in [2.05, 4.69) is 16.3 Å². The molecule has 14 nitrogen and oxygen atoms in total. The molecule has 3 N–H and O–H groups in total. The average molecular weight is 773 g/mol. The number of thioether (sulfide) groups is 1. The zero-order valence-corrected chi connectivity index (χ0v) is 32.6. The van der Waals surface area contributed by atoms with E-state index in [0.717, 1.165) is 16.7 Å². The minimum absolute atomic E-state index is 0.00678. The van der Waals surface area contributed by atoms with Gasteiger partial charge >= 0.3 is 11.9 Å².